The SMILES string of the molecule is CCCCNC(=O)[C@@H](C)N(Cc1cccc(C)c1)C(=O)CN(c1ccc(Oc2ccccc2)cc1)S(=O)(=O)c1ccccc1. The van der Waals surface area contributed by atoms with E-state index in [2.05, 4.69) is 5.32 Å². The molecule has 44 heavy (non-hydrogen) atoms. The molecule has 8 nitrogen and oxygen atoms in total. The molecule has 2 amide bonds. The molecule has 0 aliphatic rings. The predicted octanol–water partition coefficient (Wildman–Crippen LogP) is 6.32. The monoisotopic (exact) mass is 613 g/mol. The van der Waals surface area contributed by atoms with Gasteiger partial charge < -0.3 is 15.0 Å². The molecule has 0 saturated carbocycles. The molecule has 4 aromatic carbocycles. The van der Waals surface area contributed by atoms with Crippen molar-refractivity contribution in [1.29, 1.82) is 0 Å². The maximum absolute atomic E-state index is 14.1. The van der Waals surface area contributed by atoms with Crippen molar-refractivity contribution in [3.05, 3.63) is 120 Å². The minimum Gasteiger partial charge on any atom is -0.457 e. The summed E-state index contributed by atoms with van der Waals surface area (Å²) in [6.45, 7) is 5.79. The summed E-state index contributed by atoms with van der Waals surface area (Å²) in [5.41, 5.74) is 2.14. The molecule has 0 saturated heterocycles. The first kappa shape index (κ1) is 32.3. The quantitative estimate of drug-likeness (QED) is 0.168. The summed E-state index contributed by atoms with van der Waals surface area (Å²) >= 11 is 0. The zero-order chi connectivity index (χ0) is 31.5. The van der Waals surface area contributed by atoms with E-state index in [-0.39, 0.29) is 23.0 Å². The van der Waals surface area contributed by atoms with Crippen molar-refractivity contribution in [1.82, 2.24) is 10.2 Å². The van der Waals surface area contributed by atoms with Crippen molar-refractivity contribution in [2.24, 2.45) is 0 Å². The van der Waals surface area contributed by atoms with Crippen LogP contribution in [0.4, 0.5) is 5.69 Å². The molecule has 0 radical (unpaired) electrons. The Balaban J connectivity index is 1.67. The van der Waals surface area contributed by atoms with Crippen molar-refractivity contribution >= 4 is 27.5 Å². The Labute approximate surface area is 260 Å². The molecule has 0 aromatic heterocycles. The van der Waals surface area contributed by atoms with E-state index in [1.165, 1.54) is 17.0 Å². The number of ether oxygens (including phenoxy) is 1. The topological polar surface area (TPSA) is 96.0 Å². The second-order valence-corrected chi connectivity index (χ2v) is 12.4. The van der Waals surface area contributed by atoms with Gasteiger partial charge in [-0.2, -0.15) is 0 Å². The van der Waals surface area contributed by atoms with Crippen molar-refractivity contribution < 1.29 is 22.7 Å². The van der Waals surface area contributed by atoms with E-state index < -0.39 is 28.5 Å². The number of anilines is 1. The van der Waals surface area contributed by atoms with E-state index in [4.69, 9.17) is 4.74 Å². The number of carbonyl (C=O) groups excluding carboxylic acids is 2. The van der Waals surface area contributed by atoms with Crippen LogP contribution in [0, 0.1) is 6.92 Å². The minimum atomic E-state index is -4.15. The first-order chi connectivity index (χ1) is 21.2. The molecule has 1 N–H and O–H groups in total. The maximum Gasteiger partial charge on any atom is 0.264 e. The number of para-hydroxylation sites is 1. The second-order valence-electron chi connectivity index (χ2n) is 10.6. The van der Waals surface area contributed by atoms with Gasteiger partial charge in [0.15, 0.2) is 0 Å². The minimum absolute atomic E-state index is 0.0491. The molecule has 0 aliphatic heterocycles. The number of hydrogen-bond acceptors (Lipinski definition) is 5. The van der Waals surface area contributed by atoms with Gasteiger partial charge >= 0.3 is 0 Å². The third-order valence-corrected chi connectivity index (χ3v) is 8.93. The highest BCUT2D eigenvalue weighted by atomic mass is 32.2. The Morgan fingerprint density at radius 2 is 1.48 bits per heavy atom. The fourth-order valence-corrected chi connectivity index (χ4v) is 6.11. The van der Waals surface area contributed by atoms with Gasteiger partial charge in [0.2, 0.25) is 11.8 Å². The maximum atomic E-state index is 14.1. The number of rotatable bonds is 14. The largest absolute Gasteiger partial charge is 0.457 e. The lowest BCUT2D eigenvalue weighted by Gasteiger charge is -2.32. The van der Waals surface area contributed by atoms with Crippen LogP contribution in [-0.4, -0.2) is 44.3 Å². The van der Waals surface area contributed by atoms with Crippen LogP contribution in [0.25, 0.3) is 0 Å². The Morgan fingerprint density at radius 1 is 0.841 bits per heavy atom. The van der Waals surface area contributed by atoms with Gasteiger partial charge in [-0.3, -0.25) is 13.9 Å². The van der Waals surface area contributed by atoms with Crippen LogP contribution in [-0.2, 0) is 26.2 Å². The number of aryl methyl sites for hydroxylation is 1. The fraction of sp³-hybridized carbons (Fsp3) is 0.257. The number of amides is 2. The van der Waals surface area contributed by atoms with E-state index in [1.807, 2.05) is 68.4 Å². The van der Waals surface area contributed by atoms with E-state index in [0.717, 1.165) is 28.3 Å². The Morgan fingerprint density at radius 3 is 2.11 bits per heavy atom. The molecule has 0 unspecified atom stereocenters. The van der Waals surface area contributed by atoms with Crippen LogP contribution in [0.2, 0.25) is 0 Å². The molecular weight excluding hydrogens is 574 g/mol. The normalized spacial score (nSPS) is 11.8. The lowest BCUT2D eigenvalue weighted by atomic mass is 10.1. The van der Waals surface area contributed by atoms with Gasteiger partial charge in [0, 0.05) is 13.1 Å². The number of sulfonamides is 1. The summed E-state index contributed by atoms with van der Waals surface area (Å²) in [5.74, 6) is 0.358. The van der Waals surface area contributed by atoms with Gasteiger partial charge in [-0.1, -0.05) is 79.6 Å². The van der Waals surface area contributed by atoms with E-state index in [9.17, 15) is 18.0 Å². The molecule has 0 fully saturated rings. The van der Waals surface area contributed by atoms with Crippen molar-refractivity contribution in [3.63, 3.8) is 0 Å². The molecule has 0 bridgehead atoms. The molecular formula is C35H39N3O5S. The summed E-state index contributed by atoms with van der Waals surface area (Å²) in [5, 5.41) is 2.90. The van der Waals surface area contributed by atoms with Crippen LogP contribution in [0.15, 0.2) is 114 Å². The number of carbonyl (C=O) groups is 2. The average Bonchev–Trinajstić information content (AvgIpc) is 3.03. The van der Waals surface area contributed by atoms with Gasteiger partial charge in [0.25, 0.3) is 10.0 Å². The molecule has 4 aromatic rings. The lowest BCUT2D eigenvalue weighted by Crippen LogP contribution is -2.51. The van der Waals surface area contributed by atoms with E-state index in [1.54, 1.807) is 49.4 Å². The molecule has 0 spiro atoms. The highest BCUT2D eigenvalue weighted by Crippen LogP contribution is 2.28. The average molecular weight is 614 g/mol. The first-order valence-electron chi connectivity index (χ1n) is 14.7. The second kappa shape index (κ2) is 15.2. The van der Waals surface area contributed by atoms with Gasteiger partial charge in [-0.15, -0.1) is 0 Å². The van der Waals surface area contributed by atoms with Crippen LogP contribution < -0.4 is 14.4 Å². The van der Waals surface area contributed by atoms with Crippen molar-refractivity contribution in [3.8, 4) is 11.5 Å². The zero-order valence-electron chi connectivity index (χ0n) is 25.3. The number of benzene rings is 4. The lowest BCUT2D eigenvalue weighted by molar-refractivity contribution is -0.139. The number of nitrogens with zero attached hydrogens (tertiary/aromatic N) is 2. The summed E-state index contributed by atoms with van der Waals surface area (Å²) in [7, 11) is -4.15. The van der Waals surface area contributed by atoms with Crippen molar-refractivity contribution in [2.45, 2.75) is 51.1 Å². The summed E-state index contributed by atoms with van der Waals surface area (Å²) in [6, 6.07) is 30.6. The zero-order valence-corrected chi connectivity index (χ0v) is 26.2. The molecule has 0 aliphatic carbocycles. The van der Waals surface area contributed by atoms with Gasteiger partial charge in [0.05, 0.1) is 10.6 Å². The van der Waals surface area contributed by atoms with Crippen LogP contribution in [0.3, 0.4) is 0 Å². The van der Waals surface area contributed by atoms with Gasteiger partial charge in [-0.25, -0.2) is 8.42 Å². The highest BCUT2D eigenvalue weighted by molar-refractivity contribution is 7.92. The third kappa shape index (κ3) is 8.48. The summed E-state index contributed by atoms with van der Waals surface area (Å²) < 4.78 is 35.0. The summed E-state index contributed by atoms with van der Waals surface area (Å²) in [4.78, 5) is 28.7. The molecule has 230 valence electrons. The van der Waals surface area contributed by atoms with Crippen LogP contribution in [0.1, 0.15) is 37.8 Å². The third-order valence-electron chi connectivity index (χ3n) is 7.15. The predicted molar refractivity (Wildman–Crippen MR) is 173 cm³/mol. The molecule has 0 heterocycles. The number of unbranched alkanes of at least 4 members (excludes halogenated alkanes) is 1. The van der Waals surface area contributed by atoms with Crippen molar-refractivity contribution in [2.75, 3.05) is 17.4 Å². The first-order valence-corrected chi connectivity index (χ1v) is 16.2. The molecule has 1 atom stereocenters. The Bertz CT molecular complexity index is 1630. The fourth-order valence-electron chi connectivity index (χ4n) is 4.68. The van der Waals surface area contributed by atoms with Crippen LogP contribution in [0.5, 0.6) is 11.5 Å². The number of hydrogen-bond donors (Lipinski definition) is 1. The van der Waals surface area contributed by atoms with Crippen LogP contribution >= 0.6 is 0 Å². The van der Waals surface area contributed by atoms with E-state index >= 15 is 0 Å². The molecule has 9 heteroatoms. The van der Waals surface area contributed by atoms with Gasteiger partial charge in [0.1, 0.15) is 24.1 Å². The summed E-state index contributed by atoms with van der Waals surface area (Å²) in [6.07, 6.45) is 1.74. The van der Waals surface area contributed by atoms with E-state index in [0.29, 0.717) is 18.0 Å². The smallest absolute Gasteiger partial charge is 0.264 e. The number of nitrogens with one attached hydrogen (secondary N) is 1. The molecule has 4 rings (SSSR count). The Kier molecular flexibility index (Phi) is 11.2. The Hall–Kier alpha value is -4.63. The highest BCUT2D eigenvalue weighted by Gasteiger charge is 2.32. The standard InChI is InChI=1S/C35H39N3O5S/c1-4-5-23-36-35(40)28(3)37(25-29-14-12-13-27(2)24-29)34(39)26-38(44(41,42)33-17-10-7-11-18-33)30-19-21-32(22-20-30)43-31-15-8-6-9-16-31/h6-22,24,28H,4-5,23,25-26H2,1-3H3,(H,36,40)/t28-/m1/s1. The van der Waals surface area contributed by atoms with Gasteiger partial charge in [-0.05, 0) is 74.4 Å².